The van der Waals surface area contributed by atoms with Crippen molar-refractivity contribution in [3.63, 3.8) is 0 Å². The molecule has 0 aliphatic rings. The fraction of sp³-hybridized carbons (Fsp3) is 0.176. The molecule has 9 heteroatoms. The number of halogens is 1. The van der Waals surface area contributed by atoms with Gasteiger partial charge in [-0.15, -0.1) is 11.8 Å². The van der Waals surface area contributed by atoms with Crippen LogP contribution in [-0.4, -0.2) is 29.9 Å². The average Bonchev–Trinajstić information content (AvgIpc) is 2.61. The minimum atomic E-state index is -0.512. The highest BCUT2D eigenvalue weighted by Crippen LogP contribution is 2.22. The molecule has 0 aliphatic heterocycles. The zero-order chi connectivity index (χ0) is 18.9. The third-order valence-corrected chi connectivity index (χ3v) is 4.45. The van der Waals surface area contributed by atoms with E-state index in [9.17, 15) is 14.9 Å². The molecule has 2 aromatic carbocycles. The third-order valence-electron chi connectivity index (χ3n) is 3.21. The Morgan fingerprint density at radius 2 is 2.19 bits per heavy atom. The summed E-state index contributed by atoms with van der Waals surface area (Å²) in [5.41, 5.74) is 3.72. The molecule has 0 fully saturated rings. The molecule has 2 rings (SSSR count). The van der Waals surface area contributed by atoms with E-state index >= 15 is 0 Å². The van der Waals surface area contributed by atoms with E-state index in [1.165, 1.54) is 43.3 Å². The van der Waals surface area contributed by atoms with Crippen LogP contribution in [0.2, 0.25) is 5.02 Å². The van der Waals surface area contributed by atoms with Crippen molar-refractivity contribution in [2.24, 2.45) is 5.10 Å². The van der Waals surface area contributed by atoms with Gasteiger partial charge in [-0.1, -0.05) is 23.7 Å². The number of hydrazone groups is 1. The average molecular weight is 394 g/mol. The van der Waals surface area contributed by atoms with E-state index in [2.05, 4.69) is 10.5 Å². The number of nitro groups is 1. The van der Waals surface area contributed by atoms with Gasteiger partial charge in [-0.3, -0.25) is 14.9 Å². The van der Waals surface area contributed by atoms with E-state index in [0.29, 0.717) is 22.1 Å². The Balaban J connectivity index is 1.86. The lowest BCUT2D eigenvalue weighted by Crippen LogP contribution is -2.19. The molecule has 2 aromatic rings. The van der Waals surface area contributed by atoms with Crippen LogP contribution in [0.5, 0.6) is 5.75 Å². The number of carbonyl (C=O) groups is 1. The summed E-state index contributed by atoms with van der Waals surface area (Å²) in [5, 5.41) is 15.3. The first-order valence-corrected chi connectivity index (χ1v) is 8.99. The Hall–Kier alpha value is -2.58. The highest BCUT2D eigenvalue weighted by atomic mass is 35.5. The second-order valence-electron chi connectivity index (χ2n) is 5.10. The monoisotopic (exact) mass is 393 g/mol. The number of nitrogens with zero attached hydrogens (tertiary/aromatic N) is 2. The predicted octanol–water partition coefficient (Wildman–Crippen LogP) is 3.64. The van der Waals surface area contributed by atoms with E-state index in [4.69, 9.17) is 16.3 Å². The summed E-state index contributed by atoms with van der Waals surface area (Å²) in [4.78, 5) is 22.1. The Bertz CT molecular complexity index is 829. The van der Waals surface area contributed by atoms with E-state index in [0.717, 1.165) is 5.56 Å². The lowest BCUT2D eigenvalue weighted by molar-refractivity contribution is -0.384. The van der Waals surface area contributed by atoms with Crippen molar-refractivity contribution < 1.29 is 14.5 Å². The second kappa shape index (κ2) is 9.79. The van der Waals surface area contributed by atoms with Crippen LogP contribution in [0, 0.1) is 10.1 Å². The standard InChI is InChI=1S/C17H16ClN3O4S/c1-25-16-6-5-15(21(23)24)8-13(16)9-19-20-17(22)11-26-10-12-3-2-4-14(18)7-12/h2-9H,10-11H2,1H3,(H,20,22)/b19-9-. The summed E-state index contributed by atoms with van der Waals surface area (Å²) in [5.74, 6) is 1.01. The van der Waals surface area contributed by atoms with Crippen LogP contribution in [0.3, 0.4) is 0 Å². The smallest absolute Gasteiger partial charge is 0.270 e. The largest absolute Gasteiger partial charge is 0.496 e. The van der Waals surface area contributed by atoms with Gasteiger partial charge >= 0.3 is 0 Å². The number of hydrogen-bond donors (Lipinski definition) is 1. The van der Waals surface area contributed by atoms with E-state index in [1.807, 2.05) is 18.2 Å². The molecule has 0 heterocycles. The molecular weight excluding hydrogens is 378 g/mol. The molecule has 0 bridgehead atoms. The molecule has 7 nitrogen and oxygen atoms in total. The minimum absolute atomic E-state index is 0.0874. The van der Waals surface area contributed by atoms with Crippen LogP contribution >= 0.6 is 23.4 Å². The normalized spacial score (nSPS) is 10.7. The number of non-ortho nitro benzene ring substituents is 1. The van der Waals surface area contributed by atoms with Crippen molar-refractivity contribution in [2.45, 2.75) is 5.75 Å². The molecule has 0 aliphatic carbocycles. The molecule has 1 N–H and O–H groups in total. The first kappa shape index (κ1) is 19.7. The number of rotatable bonds is 8. The van der Waals surface area contributed by atoms with Crippen LogP contribution in [0.15, 0.2) is 47.6 Å². The fourth-order valence-corrected chi connectivity index (χ4v) is 3.01. The summed E-state index contributed by atoms with van der Waals surface area (Å²) in [6.45, 7) is 0. The number of ether oxygens (including phenoxy) is 1. The highest BCUT2D eigenvalue weighted by Gasteiger charge is 2.10. The van der Waals surface area contributed by atoms with Crippen molar-refractivity contribution in [1.29, 1.82) is 0 Å². The van der Waals surface area contributed by atoms with Crippen LogP contribution in [0.1, 0.15) is 11.1 Å². The SMILES string of the molecule is COc1ccc([N+](=O)[O-])cc1/C=N\NC(=O)CSCc1cccc(Cl)c1. The fourth-order valence-electron chi connectivity index (χ4n) is 2.03. The molecule has 1 amide bonds. The second-order valence-corrected chi connectivity index (χ2v) is 6.52. The van der Waals surface area contributed by atoms with Crippen LogP contribution < -0.4 is 10.2 Å². The van der Waals surface area contributed by atoms with Crippen LogP contribution in [0.25, 0.3) is 0 Å². The Morgan fingerprint density at radius 1 is 1.38 bits per heavy atom. The summed E-state index contributed by atoms with van der Waals surface area (Å²) < 4.78 is 5.12. The van der Waals surface area contributed by atoms with Crippen molar-refractivity contribution >= 4 is 41.2 Å². The molecule has 26 heavy (non-hydrogen) atoms. The minimum Gasteiger partial charge on any atom is -0.496 e. The molecular formula is C17H16ClN3O4S. The van der Waals surface area contributed by atoms with E-state index in [-0.39, 0.29) is 17.3 Å². The number of methoxy groups -OCH3 is 1. The van der Waals surface area contributed by atoms with Crippen molar-refractivity contribution in [1.82, 2.24) is 5.43 Å². The summed E-state index contributed by atoms with van der Waals surface area (Å²) in [7, 11) is 1.45. The number of benzene rings is 2. The zero-order valence-electron chi connectivity index (χ0n) is 13.8. The lowest BCUT2D eigenvalue weighted by atomic mass is 10.2. The van der Waals surface area contributed by atoms with Crippen LogP contribution in [-0.2, 0) is 10.5 Å². The van der Waals surface area contributed by atoms with E-state index < -0.39 is 4.92 Å². The predicted molar refractivity (Wildman–Crippen MR) is 103 cm³/mol. The molecule has 0 radical (unpaired) electrons. The maximum absolute atomic E-state index is 11.8. The first-order chi connectivity index (χ1) is 12.5. The van der Waals surface area contributed by atoms with Gasteiger partial charge in [0.15, 0.2) is 0 Å². The maximum Gasteiger partial charge on any atom is 0.270 e. The third kappa shape index (κ3) is 6.05. The van der Waals surface area contributed by atoms with Gasteiger partial charge in [0, 0.05) is 28.5 Å². The summed E-state index contributed by atoms with van der Waals surface area (Å²) >= 11 is 7.33. The maximum atomic E-state index is 11.8. The number of hydrogen-bond acceptors (Lipinski definition) is 6. The molecule has 0 unspecified atom stereocenters. The molecule has 0 spiro atoms. The topological polar surface area (TPSA) is 93.8 Å². The van der Waals surface area contributed by atoms with Gasteiger partial charge in [0.1, 0.15) is 5.75 Å². The van der Waals surface area contributed by atoms with Gasteiger partial charge in [-0.2, -0.15) is 5.10 Å². The van der Waals surface area contributed by atoms with Crippen molar-refractivity contribution in [2.75, 3.05) is 12.9 Å². The number of nitro benzene ring substituents is 1. The first-order valence-electron chi connectivity index (χ1n) is 7.46. The zero-order valence-corrected chi connectivity index (χ0v) is 15.4. The molecule has 0 aromatic heterocycles. The Labute approximate surface area is 159 Å². The number of amides is 1. The number of nitrogens with one attached hydrogen (secondary N) is 1. The van der Waals surface area contributed by atoms with Gasteiger partial charge in [0.25, 0.3) is 5.69 Å². The molecule has 0 saturated carbocycles. The molecule has 0 atom stereocenters. The highest BCUT2D eigenvalue weighted by molar-refractivity contribution is 7.99. The van der Waals surface area contributed by atoms with Crippen molar-refractivity contribution in [3.8, 4) is 5.75 Å². The quantitative estimate of drug-likeness (QED) is 0.419. The number of carbonyl (C=O) groups excluding carboxylic acids is 1. The Morgan fingerprint density at radius 3 is 2.88 bits per heavy atom. The van der Waals surface area contributed by atoms with Crippen molar-refractivity contribution in [3.05, 3.63) is 68.7 Å². The number of thioether (sulfide) groups is 1. The molecule has 136 valence electrons. The van der Waals surface area contributed by atoms with Crippen LogP contribution in [0.4, 0.5) is 5.69 Å². The lowest BCUT2D eigenvalue weighted by Gasteiger charge is -2.04. The van der Waals surface area contributed by atoms with Gasteiger partial charge in [0.2, 0.25) is 5.91 Å². The summed E-state index contributed by atoms with van der Waals surface area (Å²) in [6, 6.07) is 11.6. The summed E-state index contributed by atoms with van der Waals surface area (Å²) in [6.07, 6.45) is 1.31. The van der Waals surface area contributed by atoms with E-state index in [1.54, 1.807) is 6.07 Å². The Kier molecular flexibility index (Phi) is 7.43. The van der Waals surface area contributed by atoms with Gasteiger partial charge in [0.05, 0.1) is 24.0 Å². The molecule has 0 saturated heterocycles. The van der Waals surface area contributed by atoms with Gasteiger partial charge in [-0.25, -0.2) is 5.43 Å². The van der Waals surface area contributed by atoms with Gasteiger partial charge < -0.3 is 4.74 Å². The van der Waals surface area contributed by atoms with Gasteiger partial charge in [-0.05, 0) is 23.8 Å².